The van der Waals surface area contributed by atoms with E-state index in [-0.39, 0.29) is 23.5 Å². The van der Waals surface area contributed by atoms with Gasteiger partial charge in [0, 0.05) is 0 Å². The van der Waals surface area contributed by atoms with Crippen LogP contribution in [0.5, 0.6) is 0 Å². The molecule has 7 heteroatoms. The van der Waals surface area contributed by atoms with Gasteiger partial charge in [0.1, 0.15) is 11.6 Å². The van der Waals surface area contributed by atoms with Crippen molar-refractivity contribution < 1.29 is 23.1 Å². The Hall–Kier alpha value is -2.96. The molecule has 2 N–H and O–H groups in total. The van der Waals surface area contributed by atoms with Gasteiger partial charge in [0.15, 0.2) is 0 Å². The molecule has 0 atom stereocenters. The van der Waals surface area contributed by atoms with Gasteiger partial charge in [-0.2, -0.15) is 0 Å². The van der Waals surface area contributed by atoms with Gasteiger partial charge in [0.05, 0.1) is 30.6 Å². The molecule has 0 aliphatic heterocycles. The molecule has 0 aliphatic carbocycles. The molecule has 0 heterocycles. The van der Waals surface area contributed by atoms with Crippen molar-refractivity contribution in [2.75, 3.05) is 24.3 Å². The van der Waals surface area contributed by atoms with Crippen LogP contribution in [0, 0.1) is 11.6 Å². The van der Waals surface area contributed by atoms with Gasteiger partial charge in [-0.15, -0.1) is 0 Å². The second-order valence-electron chi connectivity index (χ2n) is 4.56. The van der Waals surface area contributed by atoms with Crippen LogP contribution >= 0.6 is 0 Å². The Balaban J connectivity index is 2.03. The molecule has 0 bridgehead atoms. The number of hydrogen-bond acceptors (Lipinski definition) is 4. The lowest BCUT2D eigenvalue weighted by Crippen LogP contribution is -2.23. The summed E-state index contributed by atoms with van der Waals surface area (Å²) in [6.45, 7) is -0.296. The number of methoxy groups -OCH3 is 1. The van der Waals surface area contributed by atoms with Crippen LogP contribution < -0.4 is 10.6 Å². The van der Waals surface area contributed by atoms with Crippen LogP contribution in [0.1, 0.15) is 10.4 Å². The Kier molecular flexibility index (Phi) is 5.24. The van der Waals surface area contributed by atoms with Gasteiger partial charge in [-0.25, -0.2) is 13.6 Å². The number of nitrogens with one attached hydrogen (secondary N) is 2. The number of ether oxygens (including phenoxy) is 1. The van der Waals surface area contributed by atoms with Gasteiger partial charge >= 0.3 is 5.97 Å². The molecule has 120 valence electrons. The maximum atomic E-state index is 13.4. The molecule has 0 spiro atoms. The third-order valence-corrected chi connectivity index (χ3v) is 2.97. The third-order valence-electron chi connectivity index (χ3n) is 2.97. The molecule has 2 aromatic rings. The summed E-state index contributed by atoms with van der Waals surface area (Å²) < 4.78 is 31.1. The lowest BCUT2D eigenvalue weighted by atomic mass is 10.2. The Morgan fingerprint density at radius 2 is 1.83 bits per heavy atom. The molecule has 0 saturated carbocycles. The SMILES string of the molecule is COC(=O)c1ccccc1NC(=O)CNc1cc(F)ccc1F. The lowest BCUT2D eigenvalue weighted by Gasteiger charge is -2.11. The molecule has 0 aromatic heterocycles. The van der Waals surface area contributed by atoms with Crippen molar-refractivity contribution in [1.29, 1.82) is 0 Å². The number of benzene rings is 2. The second-order valence-corrected chi connectivity index (χ2v) is 4.56. The fraction of sp³-hybridized carbons (Fsp3) is 0.125. The second kappa shape index (κ2) is 7.35. The molecule has 0 unspecified atom stereocenters. The fourth-order valence-electron chi connectivity index (χ4n) is 1.88. The van der Waals surface area contributed by atoms with E-state index in [4.69, 9.17) is 0 Å². The molecule has 2 aromatic carbocycles. The Labute approximate surface area is 131 Å². The zero-order valence-corrected chi connectivity index (χ0v) is 12.2. The predicted molar refractivity (Wildman–Crippen MR) is 81.3 cm³/mol. The van der Waals surface area contributed by atoms with E-state index < -0.39 is 23.5 Å². The van der Waals surface area contributed by atoms with E-state index in [9.17, 15) is 18.4 Å². The van der Waals surface area contributed by atoms with Crippen LogP contribution in [0.4, 0.5) is 20.2 Å². The number of hydrogen-bond donors (Lipinski definition) is 2. The number of halogens is 2. The first kappa shape index (κ1) is 16.4. The van der Waals surface area contributed by atoms with Gasteiger partial charge in [-0.1, -0.05) is 12.1 Å². The van der Waals surface area contributed by atoms with Crippen molar-refractivity contribution in [3.63, 3.8) is 0 Å². The Bertz CT molecular complexity index is 735. The van der Waals surface area contributed by atoms with Gasteiger partial charge in [-0.05, 0) is 30.3 Å². The summed E-state index contributed by atoms with van der Waals surface area (Å²) in [6.07, 6.45) is 0. The average Bonchev–Trinajstić information content (AvgIpc) is 2.55. The minimum Gasteiger partial charge on any atom is -0.465 e. The maximum Gasteiger partial charge on any atom is 0.339 e. The molecule has 1 amide bonds. The van der Waals surface area contributed by atoms with E-state index in [0.29, 0.717) is 0 Å². The smallest absolute Gasteiger partial charge is 0.339 e. The minimum absolute atomic E-state index is 0.124. The minimum atomic E-state index is -0.672. The van der Waals surface area contributed by atoms with Gasteiger partial charge in [-0.3, -0.25) is 4.79 Å². The molecular weight excluding hydrogens is 306 g/mol. The first-order valence-electron chi connectivity index (χ1n) is 6.67. The van der Waals surface area contributed by atoms with Crippen molar-refractivity contribution in [2.24, 2.45) is 0 Å². The van der Waals surface area contributed by atoms with E-state index >= 15 is 0 Å². The number of para-hydroxylation sites is 1. The number of amides is 1. The molecule has 2 rings (SSSR count). The summed E-state index contributed by atoms with van der Waals surface area (Å²) in [7, 11) is 1.23. The van der Waals surface area contributed by atoms with Crippen LogP contribution in [0.3, 0.4) is 0 Å². The number of esters is 1. The first-order valence-corrected chi connectivity index (χ1v) is 6.67. The highest BCUT2D eigenvalue weighted by Crippen LogP contribution is 2.17. The fourth-order valence-corrected chi connectivity index (χ4v) is 1.88. The van der Waals surface area contributed by atoms with Crippen LogP contribution in [0.2, 0.25) is 0 Å². The van der Waals surface area contributed by atoms with E-state index in [2.05, 4.69) is 15.4 Å². The predicted octanol–water partition coefficient (Wildman–Crippen LogP) is 2.80. The number of anilines is 2. The molecule has 0 saturated heterocycles. The summed E-state index contributed by atoms with van der Waals surface area (Å²) in [5.74, 6) is -2.41. The van der Waals surface area contributed by atoms with E-state index in [1.165, 1.54) is 19.2 Å². The molecular formula is C16H14F2N2O3. The zero-order chi connectivity index (χ0) is 16.8. The standard InChI is InChI=1S/C16H14F2N2O3/c1-23-16(22)11-4-2-3-5-13(11)20-15(21)9-19-14-8-10(17)6-7-12(14)18/h2-8,19H,9H2,1H3,(H,20,21). The number of carbonyl (C=O) groups is 2. The first-order chi connectivity index (χ1) is 11.0. The lowest BCUT2D eigenvalue weighted by molar-refractivity contribution is -0.114. The van der Waals surface area contributed by atoms with E-state index in [1.807, 2.05) is 0 Å². The largest absolute Gasteiger partial charge is 0.465 e. The molecule has 0 aliphatic rings. The average molecular weight is 320 g/mol. The summed E-state index contributed by atoms with van der Waals surface area (Å²) in [4.78, 5) is 23.5. The maximum absolute atomic E-state index is 13.4. The van der Waals surface area contributed by atoms with Crippen LogP contribution in [0.25, 0.3) is 0 Å². The zero-order valence-electron chi connectivity index (χ0n) is 12.2. The van der Waals surface area contributed by atoms with Gasteiger partial charge in [0.25, 0.3) is 0 Å². The quantitative estimate of drug-likeness (QED) is 0.831. The highest BCUT2D eigenvalue weighted by atomic mass is 19.1. The van der Waals surface area contributed by atoms with Crippen molar-refractivity contribution in [3.05, 3.63) is 59.7 Å². The van der Waals surface area contributed by atoms with Crippen molar-refractivity contribution in [1.82, 2.24) is 0 Å². The van der Waals surface area contributed by atoms with Crippen LogP contribution in [-0.4, -0.2) is 25.5 Å². The van der Waals surface area contributed by atoms with E-state index in [0.717, 1.165) is 18.2 Å². The summed E-state index contributed by atoms with van der Waals surface area (Å²) in [5.41, 5.74) is 0.340. The highest BCUT2D eigenvalue weighted by molar-refractivity contribution is 6.02. The van der Waals surface area contributed by atoms with Crippen molar-refractivity contribution in [3.8, 4) is 0 Å². The van der Waals surface area contributed by atoms with Crippen LogP contribution in [0.15, 0.2) is 42.5 Å². The summed E-state index contributed by atoms with van der Waals surface area (Å²) >= 11 is 0. The Morgan fingerprint density at radius 3 is 2.57 bits per heavy atom. The molecule has 5 nitrogen and oxygen atoms in total. The highest BCUT2D eigenvalue weighted by Gasteiger charge is 2.13. The third kappa shape index (κ3) is 4.26. The van der Waals surface area contributed by atoms with E-state index in [1.54, 1.807) is 12.1 Å². The topological polar surface area (TPSA) is 67.4 Å². The molecule has 23 heavy (non-hydrogen) atoms. The van der Waals surface area contributed by atoms with Crippen molar-refractivity contribution in [2.45, 2.75) is 0 Å². The van der Waals surface area contributed by atoms with Crippen molar-refractivity contribution >= 4 is 23.3 Å². The summed E-state index contributed by atoms with van der Waals surface area (Å²) in [6, 6.07) is 9.19. The van der Waals surface area contributed by atoms with Crippen LogP contribution in [-0.2, 0) is 9.53 Å². The molecule has 0 fully saturated rings. The monoisotopic (exact) mass is 320 g/mol. The number of rotatable bonds is 5. The normalized spacial score (nSPS) is 10.0. The Morgan fingerprint density at radius 1 is 1.09 bits per heavy atom. The van der Waals surface area contributed by atoms with Gasteiger partial charge in [0.2, 0.25) is 5.91 Å². The molecule has 0 radical (unpaired) electrons. The number of carbonyl (C=O) groups excluding carboxylic acids is 2. The summed E-state index contributed by atoms with van der Waals surface area (Å²) in [5, 5.41) is 5.00. The van der Waals surface area contributed by atoms with Gasteiger partial charge < -0.3 is 15.4 Å².